The molecule has 0 saturated carbocycles. The van der Waals surface area contributed by atoms with Gasteiger partial charge in [0.25, 0.3) is 0 Å². The molecule has 2 atom stereocenters. The Balaban J connectivity index is 1.75. The first-order valence-corrected chi connectivity index (χ1v) is 14.0. The number of fused-ring (bicyclic) bond motifs is 3. The highest BCUT2D eigenvalue weighted by Gasteiger charge is 2.49. The first kappa shape index (κ1) is 27.4. The van der Waals surface area contributed by atoms with Gasteiger partial charge < -0.3 is 14.7 Å². The number of ether oxygens (including phenoxy) is 1. The summed E-state index contributed by atoms with van der Waals surface area (Å²) < 4.78 is 6.09. The smallest absolute Gasteiger partial charge is 0.330 e. The Bertz CT molecular complexity index is 1460. The van der Waals surface area contributed by atoms with Crippen LogP contribution >= 0.6 is 0 Å². The first-order valence-electron chi connectivity index (χ1n) is 14.0. The highest BCUT2D eigenvalue weighted by atomic mass is 16.5. The zero-order chi connectivity index (χ0) is 28.3. The number of aliphatic hydroxyl groups is 1. The predicted molar refractivity (Wildman–Crippen MR) is 164 cm³/mol. The van der Waals surface area contributed by atoms with Crippen molar-refractivity contribution >= 4 is 23.0 Å². The van der Waals surface area contributed by atoms with Crippen LogP contribution in [0.15, 0.2) is 104 Å². The molecule has 1 aliphatic carbocycles. The maximum atomic E-state index is 12.6. The molecule has 1 N–H and O–H groups in total. The van der Waals surface area contributed by atoms with Gasteiger partial charge in [0, 0.05) is 29.7 Å². The van der Waals surface area contributed by atoms with E-state index in [1.54, 1.807) is 0 Å². The van der Waals surface area contributed by atoms with Gasteiger partial charge >= 0.3 is 5.97 Å². The van der Waals surface area contributed by atoms with Crippen molar-refractivity contribution in [2.45, 2.75) is 51.6 Å². The lowest BCUT2D eigenvalue weighted by molar-refractivity contribution is -0.146. The van der Waals surface area contributed by atoms with Crippen molar-refractivity contribution in [3.63, 3.8) is 0 Å². The van der Waals surface area contributed by atoms with Crippen LogP contribution in [0.3, 0.4) is 0 Å². The maximum Gasteiger partial charge on any atom is 0.330 e. The number of anilines is 3. The Kier molecular flexibility index (Phi) is 7.90. The van der Waals surface area contributed by atoms with Crippen molar-refractivity contribution in [2.24, 2.45) is 0 Å². The molecule has 0 aromatic heterocycles. The van der Waals surface area contributed by atoms with E-state index in [4.69, 9.17) is 4.74 Å². The highest BCUT2D eigenvalue weighted by molar-refractivity contribution is 5.87. The van der Waals surface area contributed by atoms with Gasteiger partial charge in [-0.25, -0.2) is 4.79 Å². The number of nitrogens with zero attached hydrogens (tertiary/aromatic N) is 1. The van der Waals surface area contributed by atoms with E-state index in [2.05, 4.69) is 117 Å². The largest absolute Gasteiger partial charge is 0.458 e. The summed E-state index contributed by atoms with van der Waals surface area (Å²) in [7, 11) is 0. The van der Waals surface area contributed by atoms with E-state index < -0.39 is 17.5 Å². The van der Waals surface area contributed by atoms with Gasteiger partial charge in [-0.1, -0.05) is 79.2 Å². The van der Waals surface area contributed by atoms with Crippen LogP contribution in [0.25, 0.3) is 11.1 Å². The molecule has 0 saturated heterocycles. The van der Waals surface area contributed by atoms with E-state index >= 15 is 0 Å². The fourth-order valence-electron chi connectivity index (χ4n) is 6.22. The van der Waals surface area contributed by atoms with Crippen molar-refractivity contribution in [2.75, 3.05) is 11.5 Å². The van der Waals surface area contributed by atoms with E-state index in [9.17, 15) is 9.90 Å². The molecule has 0 amide bonds. The monoisotopic (exact) mass is 531 g/mol. The van der Waals surface area contributed by atoms with Crippen molar-refractivity contribution < 1.29 is 14.6 Å². The molecule has 40 heavy (non-hydrogen) atoms. The van der Waals surface area contributed by atoms with E-state index in [1.165, 1.54) is 17.2 Å². The Morgan fingerprint density at radius 2 is 1.45 bits per heavy atom. The molecule has 0 radical (unpaired) electrons. The summed E-state index contributed by atoms with van der Waals surface area (Å²) in [4.78, 5) is 14.9. The molecule has 0 bridgehead atoms. The summed E-state index contributed by atoms with van der Waals surface area (Å²) in [5.41, 5.74) is 9.49. The number of aryl methyl sites for hydroxylation is 2. The molecule has 5 rings (SSSR count). The second kappa shape index (κ2) is 11.5. The van der Waals surface area contributed by atoms with E-state index in [0.717, 1.165) is 39.3 Å². The lowest BCUT2D eigenvalue weighted by atomic mass is 9.69. The molecule has 4 nitrogen and oxygen atoms in total. The molecule has 0 heterocycles. The molecular weight excluding hydrogens is 494 g/mol. The Morgan fingerprint density at radius 1 is 0.875 bits per heavy atom. The van der Waals surface area contributed by atoms with Crippen molar-refractivity contribution in [1.29, 1.82) is 0 Å². The third-order valence-corrected chi connectivity index (χ3v) is 8.10. The minimum absolute atomic E-state index is 0.0592. The summed E-state index contributed by atoms with van der Waals surface area (Å²) in [6.45, 7) is 9.95. The number of benzene rings is 4. The number of hydrogen-bond acceptors (Lipinski definition) is 4. The fourth-order valence-corrected chi connectivity index (χ4v) is 6.22. The van der Waals surface area contributed by atoms with Gasteiger partial charge in [0.1, 0.15) is 6.10 Å². The summed E-state index contributed by atoms with van der Waals surface area (Å²) in [6, 6.07) is 32.2. The van der Waals surface area contributed by atoms with Crippen LogP contribution in [0.2, 0.25) is 0 Å². The average Bonchev–Trinajstić information content (AvgIpc) is 3.26. The van der Waals surface area contributed by atoms with Gasteiger partial charge in [-0.15, -0.1) is 0 Å². The van der Waals surface area contributed by atoms with E-state index in [0.29, 0.717) is 19.3 Å². The van der Waals surface area contributed by atoms with Crippen molar-refractivity contribution in [1.82, 2.24) is 0 Å². The van der Waals surface area contributed by atoms with Crippen LogP contribution < -0.4 is 4.90 Å². The van der Waals surface area contributed by atoms with Gasteiger partial charge in [0.05, 0.1) is 5.41 Å². The quantitative estimate of drug-likeness (QED) is 0.165. The van der Waals surface area contributed by atoms with Crippen molar-refractivity contribution in [3.05, 3.63) is 126 Å². The van der Waals surface area contributed by atoms with Crippen LogP contribution in [-0.2, 0) is 14.9 Å². The molecule has 4 aromatic rings. The SMILES string of the molecule is C=CC(=O)OC(CC)C1(CCCO)c2ccccc2-c2ccc(N(c3ccc(C)cc3)c3ccc(C)cc3)cc21. The highest BCUT2D eigenvalue weighted by Crippen LogP contribution is 2.56. The summed E-state index contributed by atoms with van der Waals surface area (Å²) in [5, 5.41) is 9.97. The minimum atomic E-state index is -0.607. The normalized spacial score (nSPS) is 16.1. The molecule has 0 spiro atoms. The summed E-state index contributed by atoms with van der Waals surface area (Å²) in [5.74, 6) is -0.432. The summed E-state index contributed by atoms with van der Waals surface area (Å²) in [6.07, 6.45) is 2.67. The molecule has 4 heteroatoms. The Hall–Kier alpha value is -4.15. The van der Waals surface area contributed by atoms with Crippen molar-refractivity contribution in [3.8, 4) is 11.1 Å². The average molecular weight is 532 g/mol. The van der Waals surface area contributed by atoms with Crippen LogP contribution in [0.4, 0.5) is 17.1 Å². The van der Waals surface area contributed by atoms with Crippen LogP contribution in [-0.4, -0.2) is 23.8 Å². The molecule has 1 aliphatic rings. The molecule has 204 valence electrons. The van der Waals surface area contributed by atoms with Crippen LogP contribution in [0, 0.1) is 13.8 Å². The van der Waals surface area contributed by atoms with Gasteiger partial charge in [0.15, 0.2) is 0 Å². The maximum absolute atomic E-state index is 12.6. The topological polar surface area (TPSA) is 49.8 Å². The lowest BCUT2D eigenvalue weighted by Crippen LogP contribution is -2.42. The summed E-state index contributed by atoms with van der Waals surface area (Å²) >= 11 is 0. The zero-order valence-electron chi connectivity index (χ0n) is 23.6. The Morgan fingerprint density at radius 3 is 2.02 bits per heavy atom. The predicted octanol–water partition coefficient (Wildman–Crippen LogP) is 8.32. The Labute approximate surface area is 237 Å². The molecule has 2 unspecified atom stereocenters. The lowest BCUT2D eigenvalue weighted by Gasteiger charge is -2.39. The number of carbonyl (C=O) groups excluding carboxylic acids is 1. The van der Waals surface area contributed by atoms with Gasteiger partial charge in [-0.3, -0.25) is 0 Å². The van der Waals surface area contributed by atoms with E-state index in [-0.39, 0.29) is 6.61 Å². The number of rotatable bonds is 10. The number of esters is 1. The first-order chi connectivity index (χ1) is 19.4. The molecule has 4 aromatic carbocycles. The van der Waals surface area contributed by atoms with Gasteiger partial charge in [-0.05, 0) is 91.8 Å². The second-order valence-electron chi connectivity index (χ2n) is 10.6. The van der Waals surface area contributed by atoms with Gasteiger partial charge in [0.2, 0.25) is 0 Å². The van der Waals surface area contributed by atoms with Crippen LogP contribution in [0.1, 0.15) is 48.4 Å². The number of aliphatic hydroxyl groups excluding tert-OH is 1. The zero-order valence-corrected chi connectivity index (χ0v) is 23.6. The third kappa shape index (κ3) is 4.84. The number of carbonyl (C=O) groups is 1. The van der Waals surface area contributed by atoms with E-state index in [1.807, 2.05) is 6.07 Å². The molecular formula is C36H37NO3. The van der Waals surface area contributed by atoms with Crippen LogP contribution in [0.5, 0.6) is 0 Å². The standard InChI is InChI=1S/C36H37NO3/c1-5-34(40-35(39)6-2)36(22-9-23-38)32-11-8-7-10-30(32)31-21-20-29(24-33(31)36)37(27-16-12-25(3)13-17-27)28-18-14-26(4)15-19-28/h6-8,10-21,24,34,38H,2,5,9,22-23H2,1,3-4H3. The third-order valence-electron chi connectivity index (χ3n) is 8.10. The second-order valence-corrected chi connectivity index (χ2v) is 10.6. The minimum Gasteiger partial charge on any atom is -0.458 e. The number of hydrogen-bond donors (Lipinski definition) is 1. The fraction of sp³-hybridized carbons (Fsp3) is 0.250. The molecule has 0 aliphatic heterocycles. The molecule has 0 fully saturated rings. The van der Waals surface area contributed by atoms with Gasteiger partial charge in [-0.2, -0.15) is 0 Å².